The summed E-state index contributed by atoms with van der Waals surface area (Å²) in [5, 5.41) is 8.80. The lowest BCUT2D eigenvalue weighted by Crippen LogP contribution is -2.18. The van der Waals surface area contributed by atoms with Crippen LogP contribution in [0.1, 0.15) is 6.92 Å². The Morgan fingerprint density at radius 3 is 2.47 bits per heavy atom. The highest BCUT2D eigenvalue weighted by atomic mass is 19.4. The highest BCUT2D eigenvalue weighted by Crippen LogP contribution is 2.34. The van der Waals surface area contributed by atoms with E-state index in [1.165, 1.54) is 12.2 Å². The van der Waals surface area contributed by atoms with Crippen molar-refractivity contribution in [1.82, 2.24) is 0 Å². The maximum absolute atomic E-state index is 12.8. The fourth-order valence-corrected chi connectivity index (χ4v) is 1.34. The van der Waals surface area contributed by atoms with E-state index in [9.17, 15) is 18.0 Å². The molecule has 0 spiro atoms. The molecular weight excluding hydrogens is 233 g/mol. The van der Waals surface area contributed by atoms with Crippen molar-refractivity contribution in [2.24, 2.45) is 0 Å². The van der Waals surface area contributed by atoms with Crippen molar-refractivity contribution in [1.29, 1.82) is 0 Å². The van der Waals surface area contributed by atoms with Crippen molar-refractivity contribution in [3.63, 3.8) is 0 Å². The van der Waals surface area contributed by atoms with Crippen LogP contribution in [-0.2, 0) is 4.79 Å². The van der Waals surface area contributed by atoms with Gasteiger partial charge in [-0.3, -0.25) is 0 Å². The van der Waals surface area contributed by atoms with Gasteiger partial charge in [-0.15, -0.1) is 5.73 Å². The summed E-state index contributed by atoms with van der Waals surface area (Å²) in [5.74, 6) is -1.63. The number of allylic oxidation sites excluding steroid dienone is 4. The largest absolute Gasteiger partial charge is 0.478 e. The first-order chi connectivity index (χ1) is 7.73. The molecule has 0 unspecified atom stereocenters. The van der Waals surface area contributed by atoms with E-state index in [0.29, 0.717) is 5.57 Å². The Labute approximate surface area is 95.8 Å². The van der Waals surface area contributed by atoms with E-state index in [2.05, 4.69) is 12.3 Å². The summed E-state index contributed by atoms with van der Waals surface area (Å²) in [7, 11) is 0. The predicted octanol–water partition coefficient (Wildman–Crippen LogP) is 3.16. The molecule has 2 nitrogen and oxygen atoms in total. The Morgan fingerprint density at radius 1 is 1.41 bits per heavy atom. The van der Waals surface area contributed by atoms with Crippen LogP contribution in [0.3, 0.4) is 0 Å². The minimum absolute atomic E-state index is 0.277. The monoisotopic (exact) mass is 242 g/mol. The molecule has 0 radical (unpaired) electrons. The molecule has 0 aromatic heterocycles. The van der Waals surface area contributed by atoms with Crippen LogP contribution in [0.5, 0.6) is 0 Å². The second-order valence-electron chi connectivity index (χ2n) is 3.41. The molecule has 0 fully saturated rings. The topological polar surface area (TPSA) is 37.3 Å². The molecule has 0 atom stereocenters. The standard InChI is InChI=1S/C12H9F3O2/c1-7-3-5-8(2)10(12(13,14)15)9(6-4-7)11(16)17/h3-4,6H,1H2,2H3,(H,16,17). The number of aliphatic carboxylic acids is 1. The highest BCUT2D eigenvalue weighted by Gasteiger charge is 2.38. The molecule has 1 aliphatic rings. The van der Waals surface area contributed by atoms with Crippen molar-refractivity contribution >= 4 is 5.97 Å². The molecule has 0 heterocycles. The quantitative estimate of drug-likeness (QED) is 0.717. The number of halogens is 3. The zero-order chi connectivity index (χ0) is 13.2. The Hall–Kier alpha value is -2.00. The smallest absolute Gasteiger partial charge is 0.418 e. The average Bonchev–Trinajstić information content (AvgIpc) is 2.15. The van der Waals surface area contributed by atoms with E-state index in [1.807, 2.05) is 0 Å². The summed E-state index contributed by atoms with van der Waals surface area (Å²) in [6, 6.07) is 0. The number of hydrogen-bond acceptors (Lipinski definition) is 1. The molecule has 1 N–H and O–H groups in total. The summed E-state index contributed by atoms with van der Waals surface area (Å²) >= 11 is 0. The first-order valence-electron chi connectivity index (χ1n) is 4.59. The maximum atomic E-state index is 12.8. The van der Waals surface area contributed by atoms with Crippen LogP contribution in [0.2, 0.25) is 0 Å². The van der Waals surface area contributed by atoms with E-state index in [4.69, 9.17) is 5.11 Å². The third-order valence-corrected chi connectivity index (χ3v) is 2.10. The van der Waals surface area contributed by atoms with Crippen molar-refractivity contribution in [2.45, 2.75) is 13.1 Å². The molecule has 0 aromatic carbocycles. The first-order valence-corrected chi connectivity index (χ1v) is 4.59. The van der Waals surface area contributed by atoms with E-state index in [0.717, 1.165) is 13.0 Å². The molecular formula is C12H9F3O2. The van der Waals surface area contributed by atoms with Gasteiger partial charge in [0.15, 0.2) is 0 Å². The van der Waals surface area contributed by atoms with E-state index in [1.54, 1.807) is 0 Å². The van der Waals surface area contributed by atoms with Crippen LogP contribution in [0.25, 0.3) is 0 Å². The van der Waals surface area contributed by atoms with Gasteiger partial charge in [-0.2, -0.15) is 13.2 Å². The summed E-state index contributed by atoms with van der Waals surface area (Å²) in [6.45, 7) is 4.68. The number of alkyl halides is 3. The summed E-state index contributed by atoms with van der Waals surface area (Å²) in [4.78, 5) is 10.8. The zero-order valence-corrected chi connectivity index (χ0v) is 8.93. The van der Waals surface area contributed by atoms with Gasteiger partial charge in [-0.1, -0.05) is 12.7 Å². The number of carboxylic acids is 1. The molecule has 5 heteroatoms. The molecule has 1 aliphatic carbocycles. The van der Waals surface area contributed by atoms with Crippen molar-refractivity contribution in [3.05, 3.63) is 52.8 Å². The normalized spacial score (nSPS) is 16.7. The number of carbonyl (C=O) groups is 1. The van der Waals surface area contributed by atoms with Gasteiger partial charge >= 0.3 is 12.1 Å². The Bertz CT molecular complexity index is 498. The molecule has 0 saturated heterocycles. The van der Waals surface area contributed by atoms with Crippen molar-refractivity contribution in [2.75, 3.05) is 0 Å². The lowest BCUT2D eigenvalue weighted by Gasteiger charge is -2.14. The van der Waals surface area contributed by atoms with Gasteiger partial charge in [-0.25, -0.2) is 4.79 Å². The van der Waals surface area contributed by atoms with Crippen LogP contribution in [-0.4, -0.2) is 17.3 Å². The summed E-state index contributed by atoms with van der Waals surface area (Å²) in [6.07, 6.45) is -1.36. The second kappa shape index (κ2) is 4.47. The lowest BCUT2D eigenvalue weighted by atomic mass is 9.98. The van der Waals surface area contributed by atoms with E-state index in [-0.39, 0.29) is 5.57 Å². The molecule has 0 aromatic rings. The minimum Gasteiger partial charge on any atom is -0.478 e. The predicted molar refractivity (Wildman–Crippen MR) is 56.3 cm³/mol. The van der Waals surface area contributed by atoms with Gasteiger partial charge in [-0.05, 0) is 24.6 Å². The minimum atomic E-state index is -4.73. The maximum Gasteiger partial charge on any atom is 0.418 e. The molecule has 90 valence electrons. The van der Waals surface area contributed by atoms with Crippen LogP contribution in [0.15, 0.2) is 52.8 Å². The van der Waals surface area contributed by atoms with Gasteiger partial charge in [0.2, 0.25) is 0 Å². The van der Waals surface area contributed by atoms with Crippen molar-refractivity contribution < 1.29 is 23.1 Å². The van der Waals surface area contributed by atoms with Crippen LogP contribution in [0, 0.1) is 0 Å². The SMILES string of the molecule is C=C1C=C=C(C)C(C(F)(F)F)=C(C(=O)O)C=C1. The van der Waals surface area contributed by atoms with Gasteiger partial charge in [0.1, 0.15) is 0 Å². The van der Waals surface area contributed by atoms with Gasteiger partial charge < -0.3 is 5.11 Å². The van der Waals surface area contributed by atoms with Gasteiger partial charge in [0.05, 0.1) is 11.1 Å². The Kier molecular flexibility index (Phi) is 3.44. The third-order valence-electron chi connectivity index (χ3n) is 2.10. The number of carboxylic acid groups (broad SMARTS) is 1. The Balaban J connectivity index is 3.61. The average molecular weight is 242 g/mol. The fraction of sp³-hybridized carbons (Fsp3) is 0.167. The molecule has 0 aliphatic heterocycles. The third kappa shape index (κ3) is 2.98. The van der Waals surface area contributed by atoms with Crippen LogP contribution >= 0.6 is 0 Å². The zero-order valence-electron chi connectivity index (χ0n) is 8.93. The molecule has 1 rings (SSSR count). The molecule has 17 heavy (non-hydrogen) atoms. The van der Waals surface area contributed by atoms with Gasteiger partial charge in [0, 0.05) is 5.57 Å². The molecule has 0 saturated carbocycles. The van der Waals surface area contributed by atoms with E-state index < -0.39 is 23.3 Å². The number of rotatable bonds is 1. The molecule has 0 amide bonds. The van der Waals surface area contributed by atoms with E-state index >= 15 is 0 Å². The fourth-order valence-electron chi connectivity index (χ4n) is 1.34. The van der Waals surface area contributed by atoms with Gasteiger partial charge in [0.25, 0.3) is 0 Å². The summed E-state index contributed by atoms with van der Waals surface area (Å²) in [5.41, 5.74) is 0.479. The van der Waals surface area contributed by atoms with Crippen LogP contribution in [0.4, 0.5) is 13.2 Å². The Morgan fingerprint density at radius 2 is 2.00 bits per heavy atom. The lowest BCUT2D eigenvalue weighted by molar-refractivity contribution is -0.133. The van der Waals surface area contributed by atoms with Crippen molar-refractivity contribution in [3.8, 4) is 0 Å². The highest BCUT2D eigenvalue weighted by molar-refractivity contribution is 5.92. The number of hydrogen-bond donors (Lipinski definition) is 1. The second-order valence-corrected chi connectivity index (χ2v) is 3.41. The first kappa shape index (κ1) is 13.1. The summed E-state index contributed by atoms with van der Waals surface area (Å²) < 4.78 is 38.3. The molecule has 0 bridgehead atoms. The van der Waals surface area contributed by atoms with Crippen LogP contribution < -0.4 is 0 Å².